The molecule has 2 aliphatic rings. The zero-order valence-electron chi connectivity index (χ0n) is 12.5. The number of aromatic amines is 1. The number of hydrogen-bond donors (Lipinski definition) is 2. The van der Waals surface area contributed by atoms with Gasteiger partial charge in [0.25, 0.3) is 0 Å². The quantitative estimate of drug-likeness (QED) is 0.536. The highest BCUT2D eigenvalue weighted by molar-refractivity contribution is 6.36. The molecule has 23 heavy (non-hydrogen) atoms. The molecule has 0 saturated carbocycles. The van der Waals surface area contributed by atoms with E-state index in [1.54, 1.807) is 6.33 Å². The van der Waals surface area contributed by atoms with E-state index in [1.807, 2.05) is 0 Å². The average molecular weight is 298 g/mol. The van der Waals surface area contributed by atoms with Gasteiger partial charge in [-0.15, -0.1) is 0 Å². The van der Waals surface area contributed by atoms with Crippen molar-refractivity contribution < 1.29 is 0 Å². The lowest BCUT2D eigenvalue weighted by Gasteiger charge is -2.37. The minimum atomic E-state index is 0.264. The monoisotopic (exact) mass is 298 g/mol. The Balaban J connectivity index is 1.73. The van der Waals surface area contributed by atoms with Gasteiger partial charge in [0.1, 0.15) is 13.4 Å². The summed E-state index contributed by atoms with van der Waals surface area (Å²) >= 11 is 0. The summed E-state index contributed by atoms with van der Waals surface area (Å²) in [5.41, 5.74) is 5.56. The van der Waals surface area contributed by atoms with Crippen molar-refractivity contribution in [1.29, 1.82) is 0 Å². The Kier molecular flexibility index (Phi) is 2.65. The molecule has 3 atom stereocenters. The lowest BCUT2D eigenvalue weighted by molar-refractivity contribution is 0.420. The van der Waals surface area contributed by atoms with E-state index in [0.717, 1.165) is 28.8 Å². The average Bonchev–Trinajstić information content (AvgIpc) is 3.25. The molecule has 1 aliphatic carbocycles. The lowest BCUT2D eigenvalue weighted by Crippen LogP contribution is -2.31. The van der Waals surface area contributed by atoms with E-state index in [-0.39, 0.29) is 6.04 Å². The Morgan fingerprint density at radius 2 is 2.04 bits per heavy atom. The van der Waals surface area contributed by atoms with Crippen LogP contribution in [0.2, 0.25) is 0 Å². The highest BCUT2D eigenvalue weighted by Crippen LogP contribution is 2.49. The van der Waals surface area contributed by atoms with Crippen molar-refractivity contribution in [1.82, 2.24) is 15.0 Å². The molecule has 0 bridgehead atoms. The van der Waals surface area contributed by atoms with Crippen LogP contribution in [0.3, 0.4) is 0 Å². The van der Waals surface area contributed by atoms with E-state index in [9.17, 15) is 0 Å². The summed E-state index contributed by atoms with van der Waals surface area (Å²) in [6, 6.07) is 10.9. The van der Waals surface area contributed by atoms with Gasteiger partial charge in [-0.25, -0.2) is 4.98 Å². The van der Waals surface area contributed by atoms with Gasteiger partial charge in [0, 0.05) is 11.5 Å². The van der Waals surface area contributed by atoms with E-state index in [2.05, 4.69) is 62.8 Å². The van der Waals surface area contributed by atoms with Crippen molar-refractivity contribution in [3.63, 3.8) is 0 Å². The Bertz CT molecular complexity index is 915. The van der Waals surface area contributed by atoms with E-state index >= 15 is 0 Å². The van der Waals surface area contributed by atoms with Gasteiger partial charge in [0.2, 0.25) is 0 Å². The number of imidazole rings is 1. The minimum absolute atomic E-state index is 0.264. The number of allylic oxidation sites excluding steroid dienone is 2. The van der Waals surface area contributed by atoms with Gasteiger partial charge in [0.05, 0.1) is 29.3 Å². The number of aromatic nitrogens is 3. The first-order valence-electron chi connectivity index (χ1n) is 7.93. The third-order valence-electron chi connectivity index (χ3n) is 5.04. The van der Waals surface area contributed by atoms with Crippen molar-refractivity contribution in [3.8, 4) is 0 Å². The first-order valence-corrected chi connectivity index (χ1v) is 7.93. The summed E-state index contributed by atoms with van der Waals surface area (Å²) in [5.74, 6) is 0.767. The van der Waals surface area contributed by atoms with Crippen LogP contribution >= 0.6 is 0 Å². The molecule has 0 saturated heterocycles. The maximum absolute atomic E-state index is 6.11. The second kappa shape index (κ2) is 4.72. The summed E-state index contributed by atoms with van der Waals surface area (Å²) in [6.07, 6.45) is 7.27. The number of hydrogen-bond acceptors (Lipinski definition) is 3. The van der Waals surface area contributed by atoms with Gasteiger partial charge in [-0.1, -0.05) is 42.5 Å². The molecule has 0 spiro atoms. The molecule has 3 unspecified atom stereocenters. The van der Waals surface area contributed by atoms with Gasteiger partial charge in [0.15, 0.2) is 0 Å². The fourth-order valence-corrected chi connectivity index (χ4v) is 4.00. The van der Waals surface area contributed by atoms with Crippen LogP contribution in [0.15, 0.2) is 48.8 Å². The van der Waals surface area contributed by atoms with Crippen LogP contribution in [-0.2, 0) is 0 Å². The smallest absolute Gasteiger partial charge is 0.144 e. The van der Waals surface area contributed by atoms with Crippen LogP contribution in [0.4, 0.5) is 5.69 Å². The summed E-state index contributed by atoms with van der Waals surface area (Å²) < 4.78 is 0. The molecule has 0 amide bonds. The molecular weight excluding hydrogens is 283 g/mol. The Morgan fingerprint density at radius 1 is 1.17 bits per heavy atom. The van der Waals surface area contributed by atoms with E-state index in [1.165, 1.54) is 5.56 Å². The van der Waals surface area contributed by atoms with Crippen molar-refractivity contribution in [2.75, 3.05) is 5.32 Å². The number of benzene rings is 1. The fourth-order valence-electron chi connectivity index (χ4n) is 4.00. The zero-order valence-corrected chi connectivity index (χ0v) is 12.5. The standard InChI is InChI=1S/C18H15BN4/c19-18-17-15(20-9-21-17)16-14(23-18)12-8-4-7-11(12)13(22-16)10-5-2-1-3-6-10/h1-6,8-9,11-13,22H,7H2,(H,20,21). The molecule has 2 aromatic heterocycles. The molecule has 2 radical (unpaired) electrons. The molecule has 1 aliphatic heterocycles. The number of nitrogens with zero attached hydrogens (tertiary/aromatic N) is 2. The number of rotatable bonds is 1. The van der Waals surface area contributed by atoms with Crippen molar-refractivity contribution in [2.24, 2.45) is 5.92 Å². The van der Waals surface area contributed by atoms with Gasteiger partial charge in [-0.3, -0.25) is 4.98 Å². The maximum atomic E-state index is 6.11. The molecule has 1 aromatic carbocycles. The first-order chi connectivity index (χ1) is 11.3. The minimum Gasteiger partial charge on any atom is -0.375 e. The second-order valence-corrected chi connectivity index (χ2v) is 6.27. The summed E-state index contributed by atoms with van der Waals surface area (Å²) in [5, 5.41) is 3.71. The SMILES string of the molecule is [B]c1nc2c(c3[nH]cnc13)NC(c1ccccc1)C1CC=CC21. The molecule has 3 heterocycles. The third-order valence-corrected chi connectivity index (χ3v) is 5.04. The van der Waals surface area contributed by atoms with E-state index in [0.29, 0.717) is 17.4 Å². The maximum Gasteiger partial charge on any atom is 0.144 e. The summed E-state index contributed by atoms with van der Waals surface area (Å²) in [4.78, 5) is 12.2. The molecule has 5 heteroatoms. The number of anilines is 1. The predicted molar refractivity (Wildman–Crippen MR) is 92.1 cm³/mol. The molecule has 2 N–H and O–H groups in total. The van der Waals surface area contributed by atoms with Gasteiger partial charge in [-0.05, 0) is 17.9 Å². The van der Waals surface area contributed by atoms with Crippen LogP contribution in [-0.4, -0.2) is 22.8 Å². The van der Waals surface area contributed by atoms with Crippen LogP contribution < -0.4 is 10.9 Å². The number of pyridine rings is 1. The zero-order chi connectivity index (χ0) is 15.4. The van der Waals surface area contributed by atoms with Crippen molar-refractivity contribution in [2.45, 2.75) is 18.4 Å². The highest BCUT2D eigenvalue weighted by Gasteiger charge is 2.40. The van der Waals surface area contributed by atoms with Crippen LogP contribution in [0.25, 0.3) is 11.0 Å². The molecule has 0 fully saturated rings. The Morgan fingerprint density at radius 3 is 2.91 bits per heavy atom. The van der Waals surface area contributed by atoms with Crippen LogP contribution in [0, 0.1) is 5.92 Å². The van der Waals surface area contributed by atoms with Gasteiger partial charge >= 0.3 is 0 Å². The lowest BCUT2D eigenvalue weighted by atomic mass is 9.78. The predicted octanol–water partition coefficient (Wildman–Crippen LogP) is 2.58. The molecular formula is C18H15BN4. The van der Waals surface area contributed by atoms with Crippen LogP contribution in [0.5, 0.6) is 0 Å². The summed E-state index contributed by atoms with van der Waals surface area (Å²) in [6.45, 7) is 0. The van der Waals surface area contributed by atoms with Crippen molar-refractivity contribution >= 4 is 30.2 Å². The third kappa shape index (κ3) is 1.79. The normalized spacial score (nSPS) is 25.1. The van der Waals surface area contributed by atoms with Gasteiger partial charge in [-0.2, -0.15) is 0 Å². The van der Waals surface area contributed by atoms with E-state index < -0.39 is 0 Å². The summed E-state index contributed by atoms with van der Waals surface area (Å²) in [7, 11) is 6.11. The Hall–Kier alpha value is -2.56. The largest absolute Gasteiger partial charge is 0.375 e. The molecule has 5 rings (SSSR count). The van der Waals surface area contributed by atoms with Crippen LogP contribution in [0.1, 0.15) is 29.6 Å². The second-order valence-electron chi connectivity index (χ2n) is 6.27. The van der Waals surface area contributed by atoms with Gasteiger partial charge < -0.3 is 10.3 Å². The Labute approximate surface area is 135 Å². The molecule has 3 aromatic rings. The highest BCUT2D eigenvalue weighted by atomic mass is 15.0. The number of fused-ring (bicyclic) bond motifs is 5. The van der Waals surface area contributed by atoms with E-state index in [4.69, 9.17) is 7.85 Å². The molecule has 4 nitrogen and oxygen atoms in total. The molecule has 110 valence electrons. The topological polar surface area (TPSA) is 53.6 Å². The van der Waals surface area contributed by atoms with Crippen molar-refractivity contribution in [3.05, 3.63) is 60.1 Å². The first kappa shape index (κ1) is 12.9. The number of nitrogens with one attached hydrogen (secondary N) is 2. The number of H-pyrrole nitrogens is 1. The fraction of sp³-hybridized carbons (Fsp3) is 0.222.